The van der Waals surface area contributed by atoms with E-state index >= 15 is 0 Å². The van der Waals surface area contributed by atoms with E-state index in [1.165, 1.54) is 51.0 Å². The van der Waals surface area contributed by atoms with Crippen LogP contribution >= 0.6 is 0 Å². The highest BCUT2D eigenvalue weighted by Gasteiger charge is 2.33. The van der Waals surface area contributed by atoms with Crippen molar-refractivity contribution in [1.82, 2.24) is 0 Å². The summed E-state index contributed by atoms with van der Waals surface area (Å²) >= 11 is 0. The molecular formula is C44H30O14. The van der Waals surface area contributed by atoms with E-state index in [1.807, 2.05) is 0 Å². The molecule has 2 atom stereocenters. The van der Waals surface area contributed by atoms with Crippen molar-refractivity contribution < 1.29 is 57.0 Å². The average Bonchev–Trinajstić information content (AvgIpc) is 3.91. The molecule has 0 saturated heterocycles. The highest BCUT2D eigenvalue weighted by Crippen LogP contribution is 2.53. The smallest absolute Gasteiger partial charge is 0.201 e. The summed E-state index contributed by atoms with van der Waals surface area (Å²) in [6.07, 6.45) is 8.89. The Morgan fingerprint density at radius 2 is 1.00 bits per heavy atom. The number of benzene rings is 4. The lowest BCUT2D eigenvalue weighted by molar-refractivity contribution is 0.249. The van der Waals surface area contributed by atoms with Crippen LogP contribution in [0.15, 0.2) is 88.3 Å². The molecule has 0 radical (unpaired) electrons. The fraction of sp³-hybridized carbons (Fsp3) is 0.136. The molecule has 4 aromatic heterocycles. The molecule has 4 aromatic carbocycles. The number of hydrogen-bond donors (Lipinski definition) is 4. The van der Waals surface area contributed by atoms with Gasteiger partial charge in [-0.2, -0.15) is 0 Å². The maximum atomic E-state index is 14.7. The summed E-state index contributed by atoms with van der Waals surface area (Å²) in [5.74, 6) is -1.54. The topological polar surface area (TPSA) is 205 Å². The van der Waals surface area contributed by atoms with Crippen LogP contribution in [0, 0.1) is 0 Å². The minimum Gasteiger partial charge on any atom is -0.504 e. The van der Waals surface area contributed by atoms with Crippen LogP contribution in [0.2, 0.25) is 0 Å². The Morgan fingerprint density at radius 1 is 0.586 bits per heavy atom. The van der Waals surface area contributed by atoms with Gasteiger partial charge >= 0.3 is 0 Å². The van der Waals surface area contributed by atoms with Gasteiger partial charge in [-0.25, -0.2) is 0 Å². The molecule has 14 heteroatoms. The zero-order valence-electron chi connectivity index (χ0n) is 31.0. The molecular weight excluding hydrogens is 752 g/mol. The zero-order chi connectivity index (χ0) is 40.3. The molecule has 0 amide bonds. The number of methoxy groups -OCH3 is 2. The minimum atomic E-state index is -0.589. The first-order valence-corrected chi connectivity index (χ1v) is 18.0. The zero-order valence-corrected chi connectivity index (χ0v) is 31.0. The van der Waals surface area contributed by atoms with Crippen LogP contribution < -0.4 is 29.8 Å². The van der Waals surface area contributed by atoms with Crippen molar-refractivity contribution in [3.63, 3.8) is 0 Å². The highest BCUT2D eigenvalue weighted by molar-refractivity contribution is 6.21. The van der Waals surface area contributed by atoms with Crippen molar-refractivity contribution >= 4 is 56.0 Å². The molecule has 10 rings (SSSR count). The number of ether oxygens (including phenoxy) is 4. The molecule has 0 bridgehead atoms. The van der Waals surface area contributed by atoms with Crippen LogP contribution in [0.4, 0.5) is 0 Å². The summed E-state index contributed by atoms with van der Waals surface area (Å²) in [5.41, 5.74) is 0.541. The second-order valence-corrected chi connectivity index (χ2v) is 13.9. The molecule has 2 aliphatic rings. The van der Waals surface area contributed by atoms with Gasteiger partial charge in [0.15, 0.2) is 56.2 Å². The van der Waals surface area contributed by atoms with E-state index in [-0.39, 0.29) is 89.9 Å². The van der Waals surface area contributed by atoms with Crippen molar-refractivity contribution in [2.24, 2.45) is 0 Å². The molecule has 58 heavy (non-hydrogen) atoms. The first kappa shape index (κ1) is 34.7. The minimum absolute atomic E-state index is 0.0137. The predicted octanol–water partition coefficient (Wildman–Crippen LogP) is 8.82. The first-order chi connectivity index (χ1) is 28.0. The summed E-state index contributed by atoms with van der Waals surface area (Å²) in [4.78, 5) is 29.4. The lowest BCUT2D eigenvalue weighted by atomic mass is 9.91. The lowest BCUT2D eigenvalue weighted by Gasteiger charge is -2.22. The third-order valence-corrected chi connectivity index (χ3v) is 10.5. The normalized spacial score (nSPS) is 15.8. The average molecular weight is 783 g/mol. The SMILES string of the molecule is COc1c(-c2c(OC)c3ccoc3c3oc(-c4cc(O)c(O)c5c4C=C[C@@H](C)O5)cc(=O)c23)c2c(=O)cc(-c3cc(O)c(O)c4c3C=C[C@@H](C)O4)oc2c2occc12. The van der Waals surface area contributed by atoms with Crippen LogP contribution in [0.3, 0.4) is 0 Å². The molecule has 6 heterocycles. The number of rotatable bonds is 5. The Balaban J connectivity index is 1.32. The van der Waals surface area contributed by atoms with E-state index in [2.05, 4.69) is 0 Å². The van der Waals surface area contributed by atoms with Crippen molar-refractivity contribution in [3.05, 3.63) is 92.7 Å². The molecule has 4 N–H and O–H groups in total. The lowest BCUT2D eigenvalue weighted by Crippen LogP contribution is -2.13. The van der Waals surface area contributed by atoms with E-state index in [0.717, 1.165) is 0 Å². The number of aromatic hydroxyl groups is 4. The molecule has 2 aliphatic heterocycles. The number of hydrogen-bond acceptors (Lipinski definition) is 14. The molecule has 290 valence electrons. The van der Waals surface area contributed by atoms with Crippen LogP contribution in [0.5, 0.6) is 46.0 Å². The van der Waals surface area contributed by atoms with Crippen molar-refractivity contribution in [1.29, 1.82) is 0 Å². The van der Waals surface area contributed by atoms with Crippen molar-refractivity contribution in [2.45, 2.75) is 26.1 Å². The van der Waals surface area contributed by atoms with Crippen LogP contribution in [0.1, 0.15) is 25.0 Å². The van der Waals surface area contributed by atoms with E-state index < -0.39 is 46.1 Å². The number of furan rings is 2. The first-order valence-electron chi connectivity index (χ1n) is 18.0. The maximum Gasteiger partial charge on any atom is 0.201 e. The number of phenols is 4. The number of phenolic OH excluding ortho intramolecular Hbond substituents is 4. The molecule has 14 nitrogen and oxygen atoms in total. The Hall–Kier alpha value is -7.74. The molecule has 0 spiro atoms. The Bertz CT molecular complexity index is 3060. The summed E-state index contributed by atoms with van der Waals surface area (Å²) in [5, 5.41) is 43.5. The number of fused-ring (bicyclic) bond motifs is 8. The van der Waals surface area contributed by atoms with Crippen LogP contribution in [-0.4, -0.2) is 46.9 Å². The van der Waals surface area contributed by atoms with Gasteiger partial charge < -0.3 is 57.0 Å². The predicted molar refractivity (Wildman–Crippen MR) is 212 cm³/mol. The highest BCUT2D eigenvalue weighted by atomic mass is 16.5. The largest absolute Gasteiger partial charge is 0.504 e. The fourth-order valence-electron chi connectivity index (χ4n) is 7.96. The van der Waals surface area contributed by atoms with Gasteiger partial charge in [0.2, 0.25) is 11.5 Å². The van der Waals surface area contributed by atoms with Gasteiger partial charge in [0.05, 0.1) is 48.3 Å². The molecule has 8 aromatic rings. The molecule has 0 saturated carbocycles. The van der Waals surface area contributed by atoms with Gasteiger partial charge in [0, 0.05) is 45.5 Å². The fourth-order valence-corrected chi connectivity index (χ4v) is 7.96. The summed E-state index contributed by atoms with van der Waals surface area (Å²) in [6, 6.07) is 8.23. The van der Waals surface area contributed by atoms with Crippen molar-refractivity contribution in [2.75, 3.05) is 14.2 Å². The van der Waals surface area contributed by atoms with Gasteiger partial charge in [-0.3, -0.25) is 9.59 Å². The third kappa shape index (κ3) is 4.77. The quantitative estimate of drug-likeness (QED) is 0.120. The van der Waals surface area contributed by atoms with Crippen LogP contribution in [0.25, 0.3) is 89.8 Å². The third-order valence-electron chi connectivity index (χ3n) is 10.5. The van der Waals surface area contributed by atoms with Crippen LogP contribution in [-0.2, 0) is 0 Å². The van der Waals surface area contributed by atoms with Gasteiger partial charge in [-0.05, 0) is 50.3 Å². The maximum absolute atomic E-state index is 14.7. The van der Waals surface area contributed by atoms with E-state index in [9.17, 15) is 30.0 Å². The van der Waals surface area contributed by atoms with Gasteiger partial charge in [-0.15, -0.1) is 0 Å². The monoisotopic (exact) mass is 782 g/mol. The van der Waals surface area contributed by atoms with Crippen molar-refractivity contribution in [3.8, 4) is 79.8 Å². The van der Waals surface area contributed by atoms with E-state index in [4.69, 9.17) is 36.6 Å². The van der Waals surface area contributed by atoms with E-state index in [1.54, 1.807) is 50.3 Å². The second kappa shape index (κ2) is 12.4. The van der Waals surface area contributed by atoms with Gasteiger partial charge in [0.1, 0.15) is 35.2 Å². The van der Waals surface area contributed by atoms with Gasteiger partial charge in [-0.1, -0.05) is 12.2 Å². The molecule has 0 aliphatic carbocycles. The Morgan fingerprint density at radius 3 is 1.40 bits per heavy atom. The van der Waals surface area contributed by atoms with E-state index in [0.29, 0.717) is 21.9 Å². The standard InChI is InChI=1S/C44H30O14/c1-17-5-7-19-23(13-27(47)35(49)39(19)55-17)29-15-25(45)31-33(37(51-3)21-9-11-53-41(21)43(31)57-29)34-32-26(46)16-30(58-44(32)42-22(10-12-54-42)38(34)52-4)24-14-28(48)36(50)40-20(24)8-6-18(2)56-40/h5-18,47-50H,1-4H3/t17-,18-/m1/s1. The second-order valence-electron chi connectivity index (χ2n) is 13.9. The Kier molecular flexibility index (Phi) is 7.41. The molecule has 0 fully saturated rings. The molecule has 0 unspecified atom stereocenters. The van der Waals surface area contributed by atoms with Gasteiger partial charge in [0.25, 0.3) is 0 Å². The summed E-state index contributed by atoms with van der Waals surface area (Å²) < 4.78 is 48.6. The Labute approximate surface area is 325 Å². The summed E-state index contributed by atoms with van der Waals surface area (Å²) in [7, 11) is 2.82. The summed E-state index contributed by atoms with van der Waals surface area (Å²) in [6.45, 7) is 3.53.